The van der Waals surface area contributed by atoms with E-state index in [4.69, 9.17) is 19.5 Å². The van der Waals surface area contributed by atoms with Gasteiger partial charge in [-0.3, -0.25) is 0 Å². The van der Waals surface area contributed by atoms with Crippen molar-refractivity contribution in [1.82, 2.24) is 0 Å². The van der Waals surface area contributed by atoms with Crippen LogP contribution < -0.4 is 0 Å². The van der Waals surface area contributed by atoms with E-state index in [1.165, 1.54) is 0 Å². The Labute approximate surface area is 314 Å². The van der Waals surface area contributed by atoms with Crippen LogP contribution >= 0.6 is 0 Å². The van der Waals surface area contributed by atoms with E-state index in [9.17, 15) is 0 Å². The highest BCUT2D eigenvalue weighted by Crippen LogP contribution is 2.47. The van der Waals surface area contributed by atoms with Crippen molar-refractivity contribution in [2.24, 2.45) is 9.98 Å². The molecule has 258 valence electrons. The highest BCUT2D eigenvalue weighted by atomic mass is 16.5. The fourth-order valence-electron chi connectivity index (χ4n) is 8.11. The van der Waals surface area contributed by atoms with Crippen LogP contribution in [0.2, 0.25) is 0 Å². The Balaban J connectivity index is 1.21. The van der Waals surface area contributed by atoms with Crippen LogP contribution in [-0.2, 0) is 9.47 Å². The highest BCUT2D eigenvalue weighted by molar-refractivity contribution is 6.19. The molecule has 4 heteroatoms. The minimum Gasteiger partial charge on any atom is -0.467 e. The minimum absolute atomic E-state index is 0.212. The van der Waals surface area contributed by atoms with E-state index >= 15 is 0 Å². The van der Waals surface area contributed by atoms with Crippen molar-refractivity contribution in [3.05, 3.63) is 228 Å². The van der Waals surface area contributed by atoms with Gasteiger partial charge in [0, 0.05) is 22.3 Å². The first-order valence-corrected chi connectivity index (χ1v) is 18.5. The molecule has 0 bridgehead atoms. The lowest BCUT2D eigenvalue weighted by Crippen LogP contribution is -2.12. The summed E-state index contributed by atoms with van der Waals surface area (Å²) in [6, 6.07) is 67.2. The van der Waals surface area contributed by atoms with E-state index in [-0.39, 0.29) is 24.3 Å². The van der Waals surface area contributed by atoms with Gasteiger partial charge >= 0.3 is 0 Å². The lowest BCUT2D eigenvalue weighted by Gasteiger charge is -2.21. The van der Waals surface area contributed by atoms with E-state index in [1.807, 2.05) is 24.3 Å². The van der Waals surface area contributed by atoms with Crippen molar-refractivity contribution >= 4 is 33.3 Å². The van der Waals surface area contributed by atoms with Crippen LogP contribution in [-0.4, -0.2) is 11.8 Å². The number of hydrogen-bond acceptors (Lipinski definition) is 4. The lowest BCUT2D eigenvalue weighted by molar-refractivity contribution is 0.197. The normalized spacial score (nSPS) is 19.3. The van der Waals surface area contributed by atoms with Gasteiger partial charge in [0.05, 0.1) is 0 Å². The summed E-state index contributed by atoms with van der Waals surface area (Å²) in [6.45, 7) is 0. The number of ether oxygens (including phenoxy) is 2. The highest BCUT2D eigenvalue weighted by Gasteiger charge is 2.38. The molecular weight excluding hydrogens is 661 g/mol. The van der Waals surface area contributed by atoms with Gasteiger partial charge < -0.3 is 9.47 Å². The van der Waals surface area contributed by atoms with E-state index in [2.05, 4.69) is 170 Å². The van der Waals surface area contributed by atoms with E-state index in [0.29, 0.717) is 11.8 Å². The number of benzene rings is 8. The van der Waals surface area contributed by atoms with Crippen LogP contribution in [0.4, 0.5) is 0 Å². The Morgan fingerprint density at radius 2 is 0.648 bits per heavy atom. The summed E-state index contributed by atoms with van der Waals surface area (Å²) in [7, 11) is 0. The summed E-state index contributed by atoms with van der Waals surface area (Å²) in [5.41, 5.74) is 8.36. The third kappa shape index (κ3) is 5.64. The second-order valence-corrected chi connectivity index (χ2v) is 13.9. The second kappa shape index (κ2) is 13.6. The minimum atomic E-state index is -0.282. The van der Waals surface area contributed by atoms with Crippen LogP contribution in [0.25, 0.3) is 32.7 Å². The predicted octanol–water partition coefficient (Wildman–Crippen LogP) is 12.2. The topological polar surface area (TPSA) is 43.2 Å². The molecule has 54 heavy (non-hydrogen) atoms. The molecule has 0 fully saturated rings. The molecule has 0 amide bonds. The number of rotatable bonds is 7. The first-order chi connectivity index (χ1) is 26.8. The molecule has 0 radical (unpaired) electrons. The average molecular weight is 697 g/mol. The summed E-state index contributed by atoms with van der Waals surface area (Å²) >= 11 is 0. The maximum Gasteiger partial charge on any atom is 0.218 e. The van der Waals surface area contributed by atoms with Crippen molar-refractivity contribution in [2.75, 3.05) is 0 Å². The molecule has 0 N–H and O–H groups in total. The third-order valence-corrected chi connectivity index (χ3v) is 10.7. The quantitative estimate of drug-likeness (QED) is 0.166. The fraction of sp³-hybridized carbons (Fsp3) is 0.0800. The third-order valence-electron chi connectivity index (χ3n) is 10.7. The molecule has 0 unspecified atom stereocenters. The zero-order valence-corrected chi connectivity index (χ0v) is 29.5. The molecule has 10 rings (SSSR count). The molecule has 2 aliphatic heterocycles. The lowest BCUT2D eigenvalue weighted by atomic mass is 9.87. The molecule has 0 saturated heterocycles. The largest absolute Gasteiger partial charge is 0.467 e. The summed E-state index contributed by atoms with van der Waals surface area (Å²) in [6.07, 6.45) is -0.564. The van der Waals surface area contributed by atoms with Crippen molar-refractivity contribution in [2.45, 2.75) is 24.3 Å². The maximum absolute atomic E-state index is 7.03. The van der Waals surface area contributed by atoms with E-state index in [0.717, 1.165) is 66.1 Å². The second-order valence-electron chi connectivity index (χ2n) is 13.9. The van der Waals surface area contributed by atoms with Crippen molar-refractivity contribution in [3.63, 3.8) is 0 Å². The summed E-state index contributed by atoms with van der Waals surface area (Å²) in [5.74, 6) is 1.24. The molecule has 0 aliphatic carbocycles. The fourth-order valence-corrected chi connectivity index (χ4v) is 8.11. The molecule has 8 aromatic rings. The van der Waals surface area contributed by atoms with Gasteiger partial charge in [0.1, 0.15) is 12.1 Å². The molecule has 0 saturated carbocycles. The Bertz CT molecular complexity index is 2490. The molecule has 0 aromatic heterocycles. The van der Waals surface area contributed by atoms with Gasteiger partial charge in [-0.25, -0.2) is 9.98 Å². The van der Waals surface area contributed by atoms with Crippen molar-refractivity contribution in [1.29, 1.82) is 0 Å². The Kier molecular flexibility index (Phi) is 8.07. The smallest absolute Gasteiger partial charge is 0.218 e. The van der Waals surface area contributed by atoms with Gasteiger partial charge in [0.2, 0.25) is 11.8 Å². The summed E-state index contributed by atoms with van der Waals surface area (Å²) < 4.78 is 14.1. The van der Waals surface area contributed by atoms with Crippen LogP contribution in [0.1, 0.15) is 57.7 Å². The molecular formula is C50H36N2O2. The van der Waals surface area contributed by atoms with Crippen molar-refractivity contribution in [3.8, 4) is 11.1 Å². The van der Waals surface area contributed by atoms with Gasteiger partial charge in [-0.15, -0.1) is 0 Å². The number of nitrogens with zero attached hydrogens (tertiary/aromatic N) is 2. The Morgan fingerprint density at radius 3 is 1.04 bits per heavy atom. The molecule has 4 nitrogen and oxygen atoms in total. The van der Waals surface area contributed by atoms with Crippen LogP contribution in [0, 0.1) is 0 Å². The van der Waals surface area contributed by atoms with Gasteiger partial charge in [0.15, 0.2) is 12.2 Å². The Hall–Kier alpha value is -6.78. The first kappa shape index (κ1) is 31.9. The van der Waals surface area contributed by atoms with Crippen LogP contribution in [0.5, 0.6) is 0 Å². The number of hydrogen-bond donors (Lipinski definition) is 0. The number of fused-ring (bicyclic) bond motifs is 2. The molecule has 2 aliphatic rings. The van der Waals surface area contributed by atoms with Gasteiger partial charge in [-0.2, -0.15) is 0 Å². The number of aliphatic imine (C=N–C) groups is 2. The van der Waals surface area contributed by atoms with Gasteiger partial charge in [0.25, 0.3) is 0 Å². The zero-order valence-electron chi connectivity index (χ0n) is 29.5. The van der Waals surface area contributed by atoms with E-state index in [1.54, 1.807) is 0 Å². The standard InChI is InChI=1S/C50H36N2O2/c1-5-19-35(20-6-1)45-47(37-23-9-3-10-24-37)53-49(51-45)41-31-29-33-17-13-15-27-39(33)43(41)44-40-28-16-14-18-34(40)30-32-42(44)50-52-46(36-21-7-2-8-22-36)48(54-50)38-25-11-4-12-26-38/h1-32,45-48H/t45-,46-,47-,48-/m1/s1. The molecule has 2 heterocycles. The average Bonchev–Trinajstić information content (AvgIpc) is 3.91. The zero-order chi connectivity index (χ0) is 35.8. The van der Waals surface area contributed by atoms with Crippen LogP contribution in [0.15, 0.2) is 204 Å². The molecule has 8 aromatic carbocycles. The summed E-state index contributed by atoms with van der Waals surface area (Å²) in [5, 5.41) is 4.48. The SMILES string of the molecule is c1ccc([C@H]2N=C(c3ccc4ccccc4c3-c3c(C4=N[C@H](c5ccccc5)[C@@H](c5ccccc5)O4)ccc4ccccc34)O[C@@H]2c2ccccc2)cc1. The Morgan fingerprint density at radius 1 is 0.315 bits per heavy atom. The maximum atomic E-state index is 7.03. The predicted molar refractivity (Wildman–Crippen MR) is 219 cm³/mol. The summed E-state index contributed by atoms with van der Waals surface area (Å²) in [4.78, 5) is 10.8. The van der Waals surface area contributed by atoms with E-state index < -0.39 is 0 Å². The first-order valence-electron chi connectivity index (χ1n) is 18.5. The molecule has 0 spiro atoms. The molecule has 4 atom stereocenters. The van der Waals surface area contributed by atoms with Crippen LogP contribution in [0.3, 0.4) is 0 Å². The van der Waals surface area contributed by atoms with Gasteiger partial charge in [-0.05, 0) is 55.9 Å². The van der Waals surface area contributed by atoms with Gasteiger partial charge in [-0.1, -0.05) is 182 Å². The van der Waals surface area contributed by atoms with Crippen molar-refractivity contribution < 1.29 is 9.47 Å². The monoisotopic (exact) mass is 696 g/mol.